The van der Waals surface area contributed by atoms with Gasteiger partial charge in [-0.05, 0) is 87.7 Å². The lowest BCUT2D eigenvalue weighted by atomic mass is 9.71. The second-order valence-electron chi connectivity index (χ2n) is 10.5. The summed E-state index contributed by atoms with van der Waals surface area (Å²) >= 11 is 0. The van der Waals surface area contributed by atoms with Crippen LogP contribution in [0.15, 0.2) is 72.5 Å². The van der Waals surface area contributed by atoms with E-state index in [1.807, 2.05) is 18.4 Å². The molecule has 10 nitrogen and oxygen atoms in total. The molecule has 1 spiro atoms. The minimum Gasteiger partial charge on any atom is -0.371 e. The molecule has 5 heterocycles. The highest BCUT2D eigenvalue weighted by atomic mass is 16.1. The summed E-state index contributed by atoms with van der Waals surface area (Å²) < 4.78 is 1.57. The molecular weight excluding hydrogens is 478 g/mol. The van der Waals surface area contributed by atoms with Gasteiger partial charge in [-0.1, -0.05) is 6.08 Å². The van der Waals surface area contributed by atoms with Crippen molar-refractivity contribution in [1.82, 2.24) is 29.8 Å². The minimum atomic E-state index is -0.177. The molecule has 1 aromatic carbocycles. The van der Waals surface area contributed by atoms with E-state index in [4.69, 9.17) is 4.98 Å². The summed E-state index contributed by atoms with van der Waals surface area (Å²) in [7, 11) is 2.24. The van der Waals surface area contributed by atoms with E-state index < -0.39 is 0 Å². The highest BCUT2D eigenvalue weighted by Crippen LogP contribution is 2.41. The van der Waals surface area contributed by atoms with Gasteiger partial charge in [0.2, 0.25) is 5.95 Å². The average molecular weight is 514 g/mol. The van der Waals surface area contributed by atoms with E-state index in [0.717, 1.165) is 18.8 Å². The van der Waals surface area contributed by atoms with Crippen molar-refractivity contribution >= 4 is 28.4 Å². The molecule has 3 aromatic rings. The number of aromatic nitrogens is 4. The minimum absolute atomic E-state index is 0.177. The third-order valence-electron chi connectivity index (χ3n) is 8.16. The number of nitrogens with one attached hydrogen (secondary N) is 2. The molecule has 3 aliphatic rings. The molecule has 2 fully saturated rings. The number of likely N-dealkylation sites (tertiary alicyclic amines) is 1. The van der Waals surface area contributed by atoms with Gasteiger partial charge in [0.05, 0.1) is 6.54 Å². The van der Waals surface area contributed by atoms with Crippen LogP contribution in [0.1, 0.15) is 25.7 Å². The van der Waals surface area contributed by atoms with Crippen LogP contribution in [0.25, 0.3) is 11.0 Å². The predicted octanol–water partition coefficient (Wildman–Crippen LogP) is 3.32. The third kappa shape index (κ3) is 4.56. The molecule has 198 valence electrons. The van der Waals surface area contributed by atoms with E-state index in [0.29, 0.717) is 28.9 Å². The molecule has 2 N–H and O–H groups in total. The molecule has 0 amide bonds. The zero-order valence-corrected chi connectivity index (χ0v) is 21.9. The Balaban J connectivity index is 1.19. The normalized spacial score (nSPS) is 19.2. The number of hydrazine groups is 1. The van der Waals surface area contributed by atoms with Crippen molar-refractivity contribution < 1.29 is 0 Å². The van der Waals surface area contributed by atoms with Gasteiger partial charge in [0.25, 0.3) is 5.56 Å². The number of piperidine rings is 2. The number of nitrogens with zero attached hydrogens (tertiary/aromatic N) is 7. The lowest BCUT2D eigenvalue weighted by molar-refractivity contribution is 0.0945. The molecule has 10 heteroatoms. The predicted molar refractivity (Wildman–Crippen MR) is 152 cm³/mol. The molecular formula is C28H35N9O. The summed E-state index contributed by atoms with van der Waals surface area (Å²) in [5.41, 5.74) is 6.13. The van der Waals surface area contributed by atoms with Crippen molar-refractivity contribution in [3.8, 4) is 0 Å². The number of hydrogen-bond acceptors (Lipinski definition) is 8. The standard InChI is InChI=1S/C28H35N9O/c1-3-15-35-26(38)24-21-29-27(32-25(24)37(35)36-16-5-4-14-30-36)31-22-6-8-23(9-7-22)34-19-12-28(13-20-34)10-17-33(2)18-11-28/h3-9,14,16,21,30H,1,10-13,15,17-20H2,2H3,(H,29,31,32). The van der Waals surface area contributed by atoms with Gasteiger partial charge in [-0.25, -0.2) is 9.67 Å². The summed E-state index contributed by atoms with van der Waals surface area (Å²) in [6, 6.07) is 8.47. The molecule has 0 saturated carbocycles. The van der Waals surface area contributed by atoms with Crippen molar-refractivity contribution in [1.29, 1.82) is 0 Å². The average Bonchev–Trinajstić information content (AvgIpc) is 3.22. The highest BCUT2D eigenvalue weighted by Gasteiger charge is 2.36. The SMILES string of the molecule is C=CCn1c(=O)c2cnc(Nc3ccc(N4CCC5(CCN(C)CC5)CC4)cc3)nc2n1N1C=CC=CN1. The van der Waals surface area contributed by atoms with Gasteiger partial charge in [0, 0.05) is 43.1 Å². The van der Waals surface area contributed by atoms with Crippen LogP contribution in [0.5, 0.6) is 0 Å². The highest BCUT2D eigenvalue weighted by molar-refractivity contribution is 5.76. The fourth-order valence-corrected chi connectivity index (χ4v) is 5.76. The van der Waals surface area contributed by atoms with Crippen molar-refractivity contribution in [2.24, 2.45) is 5.41 Å². The quantitative estimate of drug-likeness (QED) is 0.486. The first-order valence-electron chi connectivity index (χ1n) is 13.3. The van der Waals surface area contributed by atoms with Crippen LogP contribution >= 0.6 is 0 Å². The molecule has 0 atom stereocenters. The molecule has 2 saturated heterocycles. The summed E-state index contributed by atoms with van der Waals surface area (Å²) in [6.45, 7) is 8.82. The molecule has 0 unspecified atom stereocenters. The van der Waals surface area contributed by atoms with Crippen LogP contribution in [0, 0.1) is 5.41 Å². The molecule has 38 heavy (non-hydrogen) atoms. The first-order valence-corrected chi connectivity index (χ1v) is 13.3. The fourth-order valence-electron chi connectivity index (χ4n) is 5.76. The lowest BCUT2D eigenvalue weighted by Gasteiger charge is -2.46. The smallest absolute Gasteiger partial charge is 0.279 e. The second-order valence-corrected chi connectivity index (χ2v) is 10.5. The van der Waals surface area contributed by atoms with Gasteiger partial charge >= 0.3 is 0 Å². The van der Waals surface area contributed by atoms with Gasteiger partial charge in [0.15, 0.2) is 5.65 Å². The van der Waals surface area contributed by atoms with Crippen molar-refractivity contribution in [2.45, 2.75) is 32.2 Å². The Labute approximate surface area is 222 Å². The number of anilines is 3. The fraction of sp³-hybridized carbons (Fsp3) is 0.393. The maximum Gasteiger partial charge on any atom is 0.279 e. The van der Waals surface area contributed by atoms with E-state index in [9.17, 15) is 4.79 Å². The van der Waals surface area contributed by atoms with Gasteiger partial charge in [0.1, 0.15) is 5.39 Å². The maximum absolute atomic E-state index is 13.0. The number of benzene rings is 1. The van der Waals surface area contributed by atoms with E-state index >= 15 is 0 Å². The summed E-state index contributed by atoms with van der Waals surface area (Å²) in [6.07, 6.45) is 15.8. The van der Waals surface area contributed by atoms with E-state index in [2.05, 4.69) is 63.4 Å². The third-order valence-corrected chi connectivity index (χ3v) is 8.16. The van der Waals surface area contributed by atoms with E-state index in [1.54, 1.807) is 33.1 Å². The molecule has 3 aliphatic heterocycles. The Morgan fingerprint density at radius 1 is 1.08 bits per heavy atom. The van der Waals surface area contributed by atoms with Crippen LogP contribution in [0.4, 0.5) is 17.3 Å². The molecule has 0 radical (unpaired) electrons. The lowest BCUT2D eigenvalue weighted by Crippen LogP contribution is -2.46. The van der Waals surface area contributed by atoms with Crippen LogP contribution in [-0.2, 0) is 6.54 Å². The monoisotopic (exact) mass is 513 g/mol. The van der Waals surface area contributed by atoms with Gasteiger partial charge < -0.3 is 15.1 Å². The first kappa shape index (κ1) is 24.3. The zero-order chi connectivity index (χ0) is 26.1. The van der Waals surface area contributed by atoms with Gasteiger partial charge in [-0.2, -0.15) is 14.9 Å². The summed E-state index contributed by atoms with van der Waals surface area (Å²) in [5, 5.41) is 5.44. The number of hydrogen-bond donors (Lipinski definition) is 2. The number of fused-ring (bicyclic) bond motifs is 1. The van der Waals surface area contributed by atoms with E-state index in [-0.39, 0.29) is 5.56 Å². The van der Waals surface area contributed by atoms with Gasteiger partial charge in [-0.3, -0.25) is 10.2 Å². The number of allylic oxidation sites excluding steroid dienone is 3. The van der Waals surface area contributed by atoms with Crippen LogP contribution in [-0.4, -0.2) is 57.6 Å². The van der Waals surface area contributed by atoms with Crippen molar-refractivity contribution in [2.75, 3.05) is 48.6 Å². The molecule has 0 bridgehead atoms. The zero-order valence-electron chi connectivity index (χ0n) is 21.9. The first-order chi connectivity index (χ1) is 18.5. The Hall–Kier alpha value is -4.05. The summed E-state index contributed by atoms with van der Waals surface area (Å²) in [4.78, 5) is 28.8. The van der Waals surface area contributed by atoms with Crippen LogP contribution in [0.3, 0.4) is 0 Å². The maximum atomic E-state index is 13.0. The Morgan fingerprint density at radius 2 is 1.82 bits per heavy atom. The number of rotatable bonds is 6. The topological polar surface area (TPSA) is 86.5 Å². The van der Waals surface area contributed by atoms with Crippen LogP contribution in [0.2, 0.25) is 0 Å². The van der Waals surface area contributed by atoms with Crippen molar-refractivity contribution in [3.63, 3.8) is 0 Å². The second kappa shape index (κ2) is 10.0. The Kier molecular flexibility index (Phi) is 6.40. The van der Waals surface area contributed by atoms with Crippen molar-refractivity contribution in [3.05, 3.63) is 78.0 Å². The Bertz CT molecular complexity index is 1420. The Morgan fingerprint density at radius 3 is 2.50 bits per heavy atom. The molecule has 6 rings (SSSR count). The van der Waals surface area contributed by atoms with Crippen LogP contribution < -0.4 is 26.3 Å². The van der Waals surface area contributed by atoms with Gasteiger partial charge in [-0.15, -0.1) is 6.58 Å². The largest absolute Gasteiger partial charge is 0.371 e. The summed E-state index contributed by atoms with van der Waals surface area (Å²) in [5.74, 6) is 0.425. The molecule has 0 aliphatic carbocycles. The van der Waals surface area contributed by atoms with E-state index in [1.165, 1.54) is 44.5 Å². The molecule has 2 aromatic heterocycles.